The van der Waals surface area contributed by atoms with Crippen molar-refractivity contribution in [3.05, 3.63) is 65.7 Å². The van der Waals surface area contributed by atoms with Gasteiger partial charge in [0, 0.05) is 44.0 Å². The Bertz CT molecular complexity index is 1220. The van der Waals surface area contributed by atoms with Crippen molar-refractivity contribution < 1.29 is 19.5 Å². The lowest BCUT2D eigenvalue weighted by Crippen LogP contribution is -2.57. The van der Waals surface area contributed by atoms with Gasteiger partial charge in [-0.15, -0.1) is 0 Å². The Morgan fingerprint density at radius 1 is 0.950 bits per heavy atom. The summed E-state index contributed by atoms with van der Waals surface area (Å²) in [6, 6.07) is 17.7. The molecule has 214 valence electrons. The normalized spacial score (nSPS) is 21.3. The minimum absolute atomic E-state index is 0.0115. The molecule has 3 amide bonds. The molecule has 2 aromatic rings. The lowest BCUT2D eigenvalue weighted by molar-refractivity contribution is -0.142. The molecule has 0 radical (unpaired) electrons. The van der Waals surface area contributed by atoms with Gasteiger partial charge in [-0.05, 0) is 66.8 Å². The third-order valence-electron chi connectivity index (χ3n) is 8.91. The average molecular weight is 547 g/mol. The first-order valence-corrected chi connectivity index (χ1v) is 14.5. The maximum atomic E-state index is 14.1. The van der Waals surface area contributed by atoms with E-state index in [-0.39, 0.29) is 42.2 Å². The molecular weight excluding hydrogens is 504 g/mol. The maximum Gasteiger partial charge on any atom is 0.253 e. The number of rotatable bonds is 5. The zero-order valence-corrected chi connectivity index (χ0v) is 24.0. The van der Waals surface area contributed by atoms with Crippen LogP contribution in [-0.2, 0) is 15.0 Å². The van der Waals surface area contributed by atoms with E-state index in [1.54, 1.807) is 9.80 Å². The molecule has 1 unspecified atom stereocenters. The molecule has 1 spiro atoms. The average Bonchev–Trinajstić information content (AvgIpc) is 3.23. The molecule has 3 fully saturated rings. The van der Waals surface area contributed by atoms with E-state index in [0.717, 1.165) is 18.5 Å². The SMILES string of the molecule is CC(C)(C)c1ccc(C(=O)N2CCC3(CC2)C(=O)N(CC(=O)N2CCCC(CO)C2)CN3c2ccccc2)cc1. The summed E-state index contributed by atoms with van der Waals surface area (Å²) in [6.45, 7) is 9.06. The van der Waals surface area contributed by atoms with Gasteiger partial charge in [0.05, 0.1) is 6.67 Å². The van der Waals surface area contributed by atoms with E-state index >= 15 is 0 Å². The fourth-order valence-electron chi connectivity index (χ4n) is 6.40. The molecular formula is C32H42N4O4. The van der Waals surface area contributed by atoms with Gasteiger partial charge in [-0.25, -0.2) is 0 Å². The second-order valence-electron chi connectivity index (χ2n) is 12.6. The molecule has 3 heterocycles. The topological polar surface area (TPSA) is 84.4 Å². The van der Waals surface area contributed by atoms with Crippen molar-refractivity contribution in [2.75, 3.05) is 50.9 Å². The summed E-state index contributed by atoms with van der Waals surface area (Å²) in [5.41, 5.74) is 2.02. The van der Waals surface area contributed by atoms with E-state index in [4.69, 9.17) is 0 Å². The van der Waals surface area contributed by atoms with Crippen molar-refractivity contribution >= 4 is 23.4 Å². The van der Waals surface area contributed by atoms with E-state index in [9.17, 15) is 19.5 Å². The zero-order chi connectivity index (χ0) is 28.5. The van der Waals surface area contributed by atoms with E-state index in [0.29, 0.717) is 51.3 Å². The van der Waals surface area contributed by atoms with Gasteiger partial charge in [0.1, 0.15) is 12.1 Å². The summed E-state index contributed by atoms with van der Waals surface area (Å²) in [4.78, 5) is 48.1. The van der Waals surface area contributed by atoms with Crippen molar-refractivity contribution in [2.24, 2.45) is 5.92 Å². The van der Waals surface area contributed by atoms with Crippen LogP contribution in [0, 0.1) is 5.92 Å². The van der Waals surface area contributed by atoms with Gasteiger partial charge in [0.2, 0.25) is 5.91 Å². The Hall–Kier alpha value is -3.39. The van der Waals surface area contributed by atoms with Crippen LogP contribution >= 0.6 is 0 Å². The van der Waals surface area contributed by atoms with E-state index in [1.807, 2.05) is 59.5 Å². The highest BCUT2D eigenvalue weighted by atomic mass is 16.3. The van der Waals surface area contributed by atoms with Crippen LogP contribution in [0.25, 0.3) is 0 Å². The van der Waals surface area contributed by atoms with Crippen LogP contribution in [0.3, 0.4) is 0 Å². The number of aliphatic hydroxyl groups is 1. The number of carbonyl (C=O) groups is 3. The Balaban J connectivity index is 1.31. The van der Waals surface area contributed by atoms with Gasteiger partial charge in [0.25, 0.3) is 11.8 Å². The molecule has 2 aromatic carbocycles. The summed E-state index contributed by atoms with van der Waals surface area (Å²) in [6.07, 6.45) is 2.80. The first kappa shape index (κ1) is 28.1. The summed E-state index contributed by atoms with van der Waals surface area (Å²) in [7, 11) is 0. The number of hydrogen-bond donors (Lipinski definition) is 1. The quantitative estimate of drug-likeness (QED) is 0.621. The number of benzene rings is 2. The molecule has 8 heteroatoms. The van der Waals surface area contributed by atoms with Crippen molar-refractivity contribution in [1.29, 1.82) is 0 Å². The molecule has 8 nitrogen and oxygen atoms in total. The number of anilines is 1. The van der Waals surface area contributed by atoms with Crippen molar-refractivity contribution in [3.8, 4) is 0 Å². The van der Waals surface area contributed by atoms with Crippen molar-refractivity contribution in [3.63, 3.8) is 0 Å². The van der Waals surface area contributed by atoms with Gasteiger partial charge in [-0.1, -0.05) is 51.1 Å². The summed E-state index contributed by atoms with van der Waals surface area (Å²) < 4.78 is 0. The lowest BCUT2D eigenvalue weighted by Gasteiger charge is -2.43. The molecule has 3 saturated heterocycles. The van der Waals surface area contributed by atoms with Crippen molar-refractivity contribution in [2.45, 2.75) is 57.4 Å². The third kappa shape index (κ3) is 5.46. The predicted octanol–water partition coefficient (Wildman–Crippen LogP) is 3.50. The highest BCUT2D eigenvalue weighted by molar-refractivity contribution is 5.97. The number of amides is 3. The maximum absolute atomic E-state index is 14.1. The fourth-order valence-corrected chi connectivity index (χ4v) is 6.40. The number of para-hydroxylation sites is 1. The monoisotopic (exact) mass is 546 g/mol. The first-order chi connectivity index (χ1) is 19.1. The zero-order valence-electron chi connectivity index (χ0n) is 24.0. The van der Waals surface area contributed by atoms with Gasteiger partial charge in [-0.3, -0.25) is 14.4 Å². The standard InChI is InChI=1S/C32H42N4O4/c1-31(2,3)26-13-11-25(12-14-26)29(39)33-18-15-32(16-19-33)30(40)35(23-36(32)27-9-5-4-6-10-27)21-28(38)34-17-7-8-24(20-34)22-37/h4-6,9-14,24,37H,7-8,15-23H2,1-3H3. The molecule has 1 N–H and O–H groups in total. The highest BCUT2D eigenvalue weighted by Crippen LogP contribution is 2.40. The second-order valence-corrected chi connectivity index (χ2v) is 12.6. The number of aliphatic hydroxyl groups excluding tert-OH is 1. The second kappa shape index (κ2) is 11.2. The smallest absolute Gasteiger partial charge is 0.253 e. The molecule has 5 rings (SSSR count). The number of carbonyl (C=O) groups excluding carboxylic acids is 3. The predicted molar refractivity (Wildman–Crippen MR) is 155 cm³/mol. The minimum Gasteiger partial charge on any atom is -0.396 e. The molecule has 0 aromatic heterocycles. The number of nitrogens with zero attached hydrogens (tertiary/aromatic N) is 4. The Kier molecular flexibility index (Phi) is 7.91. The van der Waals surface area contributed by atoms with Gasteiger partial charge in [0.15, 0.2) is 0 Å². The van der Waals surface area contributed by atoms with Crippen LogP contribution in [0.2, 0.25) is 0 Å². The van der Waals surface area contributed by atoms with Gasteiger partial charge >= 0.3 is 0 Å². The van der Waals surface area contributed by atoms with E-state index in [2.05, 4.69) is 25.7 Å². The molecule has 1 atom stereocenters. The molecule has 0 aliphatic carbocycles. The van der Waals surface area contributed by atoms with Crippen LogP contribution in [0.15, 0.2) is 54.6 Å². The Morgan fingerprint density at radius 3 is 2.25 bits per heavy atom. The highest BCUT2D eigenvalue weighted by Gasteiger charge is 2.54. The molecule has 40 heavy (non-hydrogen) atoms. The number of hydrogen-bond acceptors (Lipinski definition) is 5. The van der Waals surface area contributed by atoms with Crippen LogP contribution in [-0.4, -0.2) is 89.1 Å². The molecule has 3 aliphatic rings. The van der Waals surface area contributed by atoms with E-state index < -0.39 is 5.54 Å². The van der Waals surface area contributed by atoms with Gasteiger partial charge < -0.3 is 24.7 Å². The van der Waals surface area contributed by atoms with Crippen LogP contribution in [0.5, 0.6) is 0 Å². The third-order valence-corrected chi connectivity index (χ3v) is 8.91. The Labute approximate surface area is 237 Å². The van der Waals surface area contributed by atoms with Gasteiger partial charge in [-0.2, -0.15) is 0 Å². The summed E-state index contributed by atoms with van der Waals surface area (Å²) >= 11 is 0. The molecule has 3 aliphatic heterocycles. The largest absolute Gasteiger partial charge is 0.396 e. The molecule has 0 bridgehead atoms. The summed E-state index contributed by atoms with van der Waals surface area (Å²) in [5.74, 6) is -0.0156. The van der Waals surface area contributed by atoms with Crippen LogP contribution in [0.1, 0.15) is 62.4 Å². The number of likely N-dealkylation sites (tertiary alicyclic amines) is 2. The number of piperidine rings is 2. The van der Waals surface area contributed by atoms with Crippen LogP contribution < -0.4 is 4.90 Å². The van der Waals surface area contributed by atoms with E-state index in [1.165, 1.54) is 5.56 Å². The Morgan fingerprint density at radius 2 is 1.62 bits per heavy atom. The lowest BCUT2D eigenvalue weighted by atomic mass is 9.84. The fraction of sp³-hybridized carbons (Fsp3) is 0.531. The summed E-state index contributed by atoms with van der Waals surface area (Å²) in [5, 5.41) is 9.58. The minimum atomic E-state index is -0.788. The van der Waals surface area contributed by atoms with Crippen LogP contribution in [0.4, 0.5) is 5.69 Å². The first-order valence-electron chi connectivity index (χ1n) is 14.5. The molecule has 0 saturated carbocycles. The van der Waals surface area contributed by atoms with Crippen molar-refractivity contribution in [1.82, 2.24) is 14.7 Å².